The van der Waals surface area contributed by atoms with Crippen LogP contribution < -0.4 is 21.3 Å². The van der Waals surface area contributed by atoms with Gasteiger partial charge in [0.05, 0.1) is 10.6 Å². The van der Waals surface area contributed by atoms with Gasteiger partial charge in [0.25, 0.3) is 5.91 Å². The van der Waals surface area contributed by atoms with Gasteiger partial charge >= 0.3 is 6.03 Å². The van der Waals surface area contributed by atoms with E-state index < -0.39 is 39.0 Å². The average molecular weight is 573 g/mol. The van der Waals surface area contributed by atoms with E-state index in [-0.39, 0.29) is 29.5 Å². The Bertz CT molecular complexity index is 1550. The van der Waals surface area contributed by atoms with E-state index in [1.165, 1.54) is 25.1 Å². The number of anilines is 2. The molecule has 204 valence electrons. The van der Waals surface area contributed by atoms with Crippen molar-refractivity contribution in [3.63, 3.8) is 0 Å². The summed E-state index contributed by atoms with van der Waals surface area (Å²) in [7, 11) is -3.56. The Hall–Kier alpha value is -3.96. The van der Waals surface area contributed by atoms with E-state index in [0.717, 1.165) is 12.3 Å². The zero-order chi connectivity index (χ0) is 28.4. The van der Waals surface area contributed by atoms with Crippen LogP contribution in [-0.4, -0.2) is 44.6 Å². The van der Waals surface area contributed by atoms with Crippen LogP contribution in [0.25, 0.3) is 11.1 Å². The lowest BCUT2D eigenvalue weighted by Crippen LogP contribution is -2.50. The smallest absolute Gasteiger partial charge is 0.320 e. The van der Waals surface area contributed by atoms with Crippen molar-refractivity contribution in [2.75, 3.05) is 23.4 Å². The number of carbonyl (C=O) groups excluding carboxylic acids is 3. The van der Waals surface area contributed by atoms with Crippen molar-refractivity contribution in [3.8, 4) is 11.1 Å². The summed E-state index contributed by atoms with van der Waals surface area (Å²) in [6.07, 6.45) is 1.29. The van der Waals surface area contributed by atoms with Crippen molar-refractivity contribution in [1.82, 2.24) is 10.6 Å². The van der Waals surface area contributed by atoms with Crippen LogP contribution in [0.2, 0.25) is 5.02 Å². The maximum atomic E-state index is 15.1. The third-order valence-electron chi connectivity index (χ3n) is 6.36. The maximum Gasteiger partial charge on any atom is 0.320 e. The van der Waals surface area contributed by atoms with Crippen LogP contribution in [-0.2, 0) is 19.4 Å². The number of hydrogen-bond donors (Lipinski definition) is 4. The minimum atomic E-state index is -3.56. The van der Waals surface area contributed by atoms with E-state index in [1.807, 2.05) is 0 Å². The fraction of sp³-hybridized carbons (Fsp3) is 0.222. The number of carbonyl (C=O) groups is 3. The molecule has 4 amide bonds. The Morgan fingerprint density at radius 2 is 1.72 bits per heavy atom. The van der Waals surface area contributed by atoms with Gasteiger partial charge in [-0.15, -0.1) is 0 Å². The molecule has 0 bridgehead atoms. The first-order chi connectivity index (χ1) is 18.4. The number of benzene rings is 3. The summed E-state index contributed by atoms with van der Waals surface area (Å²) in [5, 5.41) is 10.9. The second kappa shape index (κ2) is 11.0. The van der Waals surface area contributed by atoms with Gasteiger partial charge in [0, 0.05) is 41.9 Å². The Balaban J connectivity index is 1.54. The van der Waals surface area contributed by atoms with Crippen molar-refractivity contribution in [2.45, 2.75) is 23.8 Å². The van der Waals surface area contributed by atoms with Gasteiger partial charge in [0.1, 0.15) is 11.4 Å². The number of nitrogens with one attached hydrogen (secondary N) is 4. The van der Waals surface area contributed by atoms with Gasteiger partial charge < -0.3 is 21.3 Å². The molecule has 1 fully saturated rings. The van der Waals surface area contributed by atoms with Gasteiger partial charge in [-0.25, -0.2) is 17.6 Å². The second-order valence-corrected chi connectivity index (χ2v) is 11.7. The van der Waals surface area contributed by atoms with Crippen LogP contribution in [0, 0.1) is 11.7 Å². The highest BCUT2D eigenvalue weighted by Gasteiger charge is 2.61. The van der Waals surface area contributed by atoms with E-state index in [1.54, 1.807) is 42.5 Å². The lowest BCUT2D eigenvalue weighted by Gasteiger charge is -2.20. The van der Waals surface area contributed by atoms with E-state index in [9.17, 15) is 22.8 Å². The van der Waals surface area contributed by atoms with E-state index >= 15 is 4.39 Å². The number of urea groups is 1. The van der Waals surface area contributed by atoms with E-state index in [2.05, 4.69) is 21.3 Å². The predicted octanol–water partition coefficient (Wildman–Crippen LogP) is 4.20. The molecule has 0 saturated heterocycles. The van der Waals surface area contributed by atoms with Gasteiger partial charge in [-0.3, -0.25) is 9.59 Å². The summed E-state index contributed by atoms with van der Waals surface area (Å²) in [5.41, 5.74) is -0.456. The zero-order valence-corrected chi connectivity index (χ0v) is 22.6. The summed E-state index contributed by atoms with van der Waals surface area (Å²) >= 11 is 5.87. The summed E-state index contributed by atoms with van der Waals surface area (Å²) in [6, 6.07) is 15.9. The average Bonchev–Trinajstić information content (AvgIpc) is 3.58. The van der Waals surface area contributed by atoms with Gasteiger partial charge in [-0.2, -0.15) is 0 Å². The number of halogens is 2. The Morgan fingerprint density at radius 1 is 1.03 bits per heavy atom. The van der Waals surface area contributed by atoms with Crippen molar-refractivity contribution in [1.29, 1.82) is 0 Å². The number of amides is 4. The quantitative estimate of drug-likeness (QED) is 0.321. The lowest BCUT2D eigenvalue weighted by atomic mass is 10.0. The molecule has 4 N–H and O–H groups in total. The minimum absolute atomic E-state index is 0.0508. The summed E-state index contributed by atoms with van der Waals surface area (Å²) < 4.78 is 39.5. The second-order valence-electron chi connectivity index (χ2n) is 9.31. The molecule has 1 aliphatic rings. The topological polar surface area (TPSA) is 133 Å². The highest BCUT2D eigenvalue weighted by atomic mass is 35.5. The van der Waals surface area contributed by atoms with Crippen molar-refractivity contribution < 1.29 is 27.2 Å². The molecule has 39 heavy (non-hydrogen) atoms. The highest BCUT2D eigenvalue weighted by Crippen LogP contribution is 2.44. The highest BCUT2D eigenvalue weighted by molar-refractivity contribution is 7.90. The molecule has 0 spiro atoms. The number of hydrogen-bond acceptors (Lipinski definition) is 5. The standard InChI is InChI=1S/C27H26ClFN4O5S/c1-16(34)30-15-18-14-27(18,33-26(36)31-20-10-8-19(28)9-11-20)25(35)32-23-12-7-17(13-22(23)29)21-5-3-4-6-24(21)39(2,37)38/h3-13,18H,14-15H2,1-2H3,(H,30,34)(H,32,35)(H2,31,33,36)/t18-,27-/m0/s1. The molecule has 1 aliphatic carbocycles. The monoisotopic (exact) mass is 572 g/mol. The van der Waals surface area contributed by atoms with E-state index in [4.69, 9.17) is 11.6 Å². The molecule has 0 aromatic heterocycles. The Labute approximate surface area is 230 Å². The first-order valence-electron chi connectivity index (χ1n) is 11.9. The van der Waals surface area contributed by atoms with Crippen LogP contribution in [0.5, 0.6) is 0 Å². The van der Waals surface area contributed by atoms with E-state index in [0.29, 0.717) is 21.8 Å². The first kappa shape index (κ1) is 28.1. The fourth-order valence-electron chi connectivity index (χ4n) is 4.28. The lowest BCUT2D eigenvalue weighted by molar-refractivity contribution is -0.120. The van der Waals surface area contributed by atoms with Crippen molar-refractivity contribution in [2.24, 2.45) is 5.92 Å². The molecule has 12 heteroatoms. The number of rotatable bonds is 8. The van der Waals surface area contributed by atoms with Crippen LogP contribution in [0.4, 0.5) is 20.6 Å². The summed E-state index contributed by atoms with van der Waals surface area (Å²) in [6.45, 7) is 1.47. The minimum Gasteiger partial charge on any atom is -0.356 e. The molecule has 3 aromatic rings. The summed E-state index contributed by atoms with van der Waals surface area (Å²) in [4.78, 5) is 37.5. The molecule has 0 radical (unpaired) electrons. The molecule has 1 saturated carbocycles. The largest absolute Gasteiger partial charge is 0.356 e. The van der Waals surface area contributed by atoms with Gasteiger partial charge in [-0.05, 0) is 54.4 Å². The fourth-order valence-corrected chi connectivity index (χ4v) is 5.31. The van der Waals surface area contributed by atoms with Crippen LogP contribution in [0.3, 0.4) is 0 Å². The van der Waals surface area contributed by atoms with Crippen LogP contribution >= 0.6 is 11.6 Å². The molecular weight excluding hydrogens is 547 g/mol. The summed E-state index contributed by atoms with van der Waals surface area (Å²) in [5.74, 6) is -2.17. The maximum absolute atomic E-state index is 15.1. The Morgan fingerprint density at radius 3 is 2.36 bits per heavy atom. The molecule has 2 atom stereocenters. The predicted molar refractivity (Wildman–Crippen MR) is 147 cm³/mol. The SMILES string of the molecule is CC(=O)NC[C@@H]1C[C@@]1(NC(=O)Nc1ccc(Cl)cc1)C(=O)Nc1ccc(-c2ccccc2S(C)(=O)=O)cc1F. The molecule has 0 heterocycles. The molecule has 4 rings (SSSR count). The van der Waals surface area contributed by atoms with Crippen LogP contribution in [0.1, 0.15) is 13.3 Å². The van der Waals surface area contributed by atoms with Crippen molar-refractivity contribution >= 4 is 50.7 Å². The first-order valence-corrected chi connectivity index (χ1v) is 14.2. The normalized spacial score (nSPS) is 18.1. The Kier molecular flexibility index (Phi) is 7.94. The van der Waals surface area contributed by atoms with Gasteiger partial charge in [0.2, 0.25) is 5.91 Å². The third kappa shape index (κ3) is 6.55. The molecule has 0 unspecified atom stereocenters. The van der Waals surface area contributed by atoms with Gasteiger partial charge in [-0.1, -0.05) is 35.9 Å². The molecule has 3 aromatic carbocycles. The van der Waals surface area contributed by atoms with Crippen molar-refractivity contribution in [3.05, 3.63) is 77.6 Å². The molecule has 9 nitrogen and oxygen atoms in total. The van der Waals surface area contributed by atoms with Crippen LogP contribution in [0.15, 0.2) is 71.6 Å². The zero-order valence-electron chi connectivity index (χ0n) is 21.0. The third-order valence-corrected chi connectivity index (χ3v) is 7.77. The number of sulfone groups is 1. The van der Waals surface area contributed by atoms with Gasteiger partial charge in [0.15, 0.2) is 9.84 Å². The molecular formula is C27H26ClFN4O5S. The molecule has 0 aliphatic heterocycles.